The first-order valence-electron chi connectivity index (χ1n) is 11.9. The SMILES string of the molecule is COC(=O)c1ccc(S(=O)(=O)N(Cc2ccc3c(c2)OCO3)Cc2cc3c(C)cc(C)cc3[nH]c2=O)cc1. The number of H-pyrrole nitrogens is 1. The minimum absolute atomic E-state index is 0.0186. The number of carbonyl (C=O) groups is 1. The highest BCUT2D eigenvalue weighted by atomic mass is 32.2. The van der Waals surface area contributed by atoms with Gasteiger partial charge in [-0.2, -0.15) is 4.31 Å². The number of carbonyl (C=O) groups excluding carboxylic acids is 1. The predicted molar refractivity (Wildman–Crippen MR) is 141 cm³/mol. The number of ether oxygens (including phenoxy) is 3. The number of aryl methyl sites for hydroxylation is 2. The lowest BCUT2D eigenvalue weighted by Gasteiger charge is -2.23. The Morgan fingerprint density at radius 2 is 1.71 bits per heavy atom. The van der Waals surface area contributed by atoms with E-state index in [0.29, 0.717) is 28.1 Å². The van der Waals surface area contributed by atoms with Crippen molar-refractivity contribution in [2.45, 2.75) is 31.8 Å². The fourth-order valence-electron chi connectivity index (χ4n) is 4.52. The summed E-state index contributed by atoms with van der Waals surface area (Å²) in [5.74, 6) is 0.537. The molecule has 0 unspecified atom stereocenters. The molecule has 38 heavy (non-hydrogen) atoms. The van der Waals surface area contributed by atoms with E-state index in [1.165, 1.54) is 35.7 Å². The molecule has 10 heteroatoms. The second-order valence-corrected chi connectivity index (χ2v) is 11.1. The summed E-state index contributed by atoms with van der Waals surface area (Å²) in [4.78, 5) is 27.8. The van der Waals surface area contributed by atoms with E-state index < -0.39 is 16.0 Å². The Kier molecular flexibility index (Phi) is 6.68. The third kappa shape index (κ3) is 4.88. The molecule has 196 valence electrons. The molecule has 1 aliphatic heterocycles. The van der Waals surface area contributed by atoms with Crippen LogP contribution in [-0.4, -0.2) is 37.6 Å². The first kappa shape index (κ1) is 25.5. The van der Waals surface area contributed by atoms with E-state index in [4.69, 9.17) is 14.2 Å². The molecule has 3 aromatic carbocycles. The van der Waals surface area contributed by atoms with Crippen LogP contribution < -0.4 is 15.0 Å². The fraction of sp³-hybridized carbons (Fsp3) is 0.214. The molecule has 0 saturated carbocycles. The average molecular weight is 535 g/mol. The lowest BCUT2D eigenvalue weighted by atomic mass is 10.0. The van der Waals surface area contributed by atoms with E-state index in [9.17, 15) is 18.0 Å². The number of hydrogen-bond donors (Lipinski definition) is 1. The normalized spacial score (nSPS) is 12.7. The third-order valence-corrected chi connectivity index (χ3v) is 8.25. The van der Waals surface area contributed by atoms with Crippen molar-refractivity contribution in [3.63, 3.8) is 0 Å². The maximum absolute atomic E-state index is 13.9. The van der Waals surface area contributed by atoms with Crippen molar-refractivity contribution >= 4 is 26.9 Å². The Balaban J connectivity index is 1.56. The molecule has 5 rings (SSSR count). The summed E-state index contributed by atoms with van der Waals surface area (Å²) in [6, 6.07) is 16.3. The molecule has 0 bridgehead atoms. The van der Waals surface area contributed by atoms with Gasteiger partial charge < -0.3 is 19.2 Å². The van der Waals surface area contributed by atoms with Crippen LogP contribution in [0.3, 0.4) is 0 Å². The van der Waals surface area contributed by atoms with Gasteiger partial charge in [0.1, 0.15) is 0 Å². The summed E-state index contributed by atoms with van der Waals surface area (Å²) in [6.07, 6.45) is 0. The summed E-state index contributed by atoms with van der Waals surface area (Å²) < 4.78 is 44.5. The highest BCUT2D eigenvalue weighted by molar-refractivity contribution is 7.89. The number of sulfonamides is 1. The lowest BCUT2D eigenvalue weighted by Crippen LogP contribution is -2.32. The Morgan fingerprint density at radius 3 is 2.45 bits per heavy atom. The van der Waals surface area contributed by atoms with Crippen LogP contribution in [0, 0.1) is 13.8 Å². The van der Waals surface area contributed by atoms with Crippen LogP contribution in [0.5, 0.6) is 11.5 Å². The Hall–Kier alpha value is -4.15. The molecule has 4 aromatic rings. The summed E-state index contributed by atoms with van der Waals surface area (Å²) in [7, 11) is -2.84. The smallest absolute Gasteiger partial charge is 0.337 e. The predicted octanol–water partition coefficient (Wildman–Crippen LogP) is 4.05. The zero-order valence-electron chi connectivity index (χ0n) is 21.1. The van der Waals surface area contributed by atoms with Crippen molar-refractivity contribution in [3.8, 4) is 11.5 Å². The Morgan fingerprint density at radius 1 is 0.974 bits per heavy atom. The minimum Gasteiger partial charge on any atom is -0.465 e. The van der Waals surface area contributed by atoms with Gasteiger partial charge in [0.2, 0.25) is 16.8 Å². The van der Waals surface area contributed by atoms with Crippen LogP contribution in [-0.2, 0) is 27.8 Å². The number of fused-ring (bicyclic) bond motifs is 2. The van der Waals surface area contributed by atoms with Crippen molar-refractivity contribution in [1.82, 2.24) is 9.29 Å². The molecule has 2 heterocycles. The van der Waals surface area contributed by atoms with Crippen molar-refractivity contribution in [2.75, 3.05) is 13.9 Å². The topological polar surface area (TPSA) is 115 Å². The van der Waals surface area contributed by atoms with Crippen LogP contribution in [0.2, 0.25) is 0 Å². The number of nitrogens with zero attached hydrogens (tertiary/aromatic N) is 1. The number of benzene rings is 3. The lowest BCUT2D eigenvalue weighted by molar-refractivity contribution is 0.0600. The maximum Gasteiger partial charge on any atom is 0.337 e. The second-order valence-electron chi connectivity index (χ2n) is 9.14. The summed E-state index contributed by atoms with van der Waals surface area (Å²) in [5.41, 5.74) is 3.51. The first-order chi connectivity index (χ1) is 18.2. The largest absolute Gasteiger partial charge is 0.465 e. The molecule has 0 fully saturated rings. The quantitative estimate of drug-likeness (QED) is 0.356. The van der Waals surface area contributed by atoms with Gasteiger partial charge >= 0.3 is 5.97 Å². The van der Waals surface area contributed by atoms with Crippen molar-refractivity contribution in [2.24, 2.45) is 0 Å². The Labute approximate surface area is 219 Å². The molecule has 1 N–H and O–H groups in total. The van der Waals surface area contributed by atoms with Crippen molar-refractivity contribution < 1.29 is 27.4 Å². The van der Waals surface area contributed by atoms with E-state index in [1.807, 2.05) is 26.0 Å². The van der Waals surface area contributed by atoms with Gasteiger partial charge in [0.25, 0.3) is 5.56 Å². The maximum atomic E-state index is 13.9. The van der Waals surface area contributed by atoms with Crippen LogP contribution in [0.15, 0.2) is 70.4 Å². The van der Waals surface area contributed by atoms with Gasteiger partial charge in [-0.25, -0.2) is 13.2 Å². The van der Waals surface area contributed by atoms with Gasteiger partial charge in [0, 0.05) is 29.6 Å². The molecule has 0 saturated heterocycles. The highest BCUT2D eigenvalue weighted by Gasteiger charge is 2.27. The minimum atomic E-state index is -4.09. The number of nitrogens with one attached hydrogen (secondary N) is 1. The fourth-order valence-corrected chi connectivity index (χ4v) is 5.93. The Bertz CT molecular complexity index is 1710. The third-order valence-electron chi connectivity index (χ3n) is 6.45. The van der Waals surface area contributed by atoms with Crippen LogP contribution in [0.25, 0.3) is 10.9 Å². The number of hydrogen-bond acceptors (Lipinski definition) is 7. The van der Waals surface area contributed by atoms with Gasteiger partial charge in [0.15, 0.2) is 11.5 Å². The molecule has 0 radical (unpaired) electrons. The molecule has 9 nitrogen and oxygen atoms in total. The molecule has 1 aliphatic rings. The molecule has 1 aromatic heterocycles. The van der Waals surface area contributed by atoms with Gasteiger partial charge in [-0.1, -0.05) is 12.1 Å². The summed E-state index contributed by atoms with van der Waals surface area (Å²) in [6.45, 7) is 3.79. The highest BCUT2D eigenvalue weighted by Crippen LogP contribution is 2.33. The first-order valence-corrected chi connectivity index (χ1v) is 13.3. The molecular formula is C28H26N2O7S. The van der Waals surface area contributed by atoms with Gasteiger partial charge in [-0.3, -0.25) is 4.79 Å². The number of pyridine rings is 1. The monoisotopic (exact) mass is 534 g/mol. The molecule has 0 atom stereocenters. The standard InChI is InChI=1S/C28H26N2O7S/c1-17-10-18(2)23-13-21(27(31)29-24(23)11-17)15-30(14-19-4-9-25-26(12-19)37-16-36-25)38(33,34)22-7-5-20(6-8-22)28(32)35-3/h4-13H,14-16H2,1-3H3,(H,29,31). The molecule has 0 aliphatic carbocycles. The average Bonchev–Trinajstić information content (AvgIpc) is 3.36. The number of aromatic nitrogens is 1. The van der Waals surface area contributed by atoms with Crippen LogP contribution in [0.4, 0.5) is 0 Å². The van der Waals surface area contributed by atoms with E-state index >= 15 is 0 Å². The van der Waals surface area contributed by atoms with Crippen molar-refractivity contribution in [3.05, 3.63) is 98.8 Å². The van der Waals surface area contributed by atoms with Crippen LogP contribution in [0.1, 0.15) is 32.6 Å². The van der Waals surface area contributed by atoms with E-state index in [0.717, 1.165) is 16.5 Å². The zero-order chi connectivity index (χ0) is 27.0. The number of rotatable bonds is 7. The summed E-state index contributed by atoms with van der Waals surface area (Å²) in [5, 5.41) is 0.841. The number of aromatic amines is 1. The van der Waals surface area contributed by atoms with E-state index in [-0.39, 0.29) is 35.9 Å². The zero-order valence-corrected chi connectivity index (χ0v) is 21.9. The molecule has 0 spiro atoms. The van der Waals surface area contributed by atoms with E-state index in [2.05, 4.69) is 4.98 Å². The second kappa shape index (κ2) is 9.96. The summed E-state index contributed by atoms with van der Waals surface area (Å²) >= 11 is 0. The molecular weight excluding hydrogens is 508 g/mol. The van der Waals surface area contributed by atoms with E-state index in [1.54, 1.807) is 24.3 Å². The van der Waals surface area contributed by atoms with Crippen molar-refractivity contribution in [1.29, 1.82) is 0 Å². The molecule has 0 amide bonds. The number of methoxy groups -OCH3 is 1. The number of esters is 1. The van der Waals surface area contributed by atoms with Crippen LogP contribution >= 0.6 is 0 Å². The van der Waals surface area contributed by atoms with Gasteiger partial charge in [-0.05, 0) is 79.1 Å². The van der Waals surface area contributed by atoms with Gasteiger partial charge in [0.05, 0.1) is 17.6 Å². The van der Waals surface area contributed by atoms with Gasteiger partial charge in [-0.15, -0.1) is 0 Å².